The largest absolute Gasteiger partial charge is 0.372 e. The molecule has 0 radical (unpaired) electrons. The van der Waals surface area contributed by atoms with E-state index in [1.807, 2.05) is 13.8 Å². The van der Waals surface area contributed by atoms with Crippen LogP contribution in [0.5, 0.6) is 0 Å². The van der Waals surface area contributed by atoms with Crippen LogP contribution in [0, 0.1) is 5.82 Å². The zero-order chi connectivity index (χ0) is 15.7. The molecule has 0 saturated carbocycles. The van der Waals surface area contributed by atoms with Gasteiger partial charge in [0.25, 0.3) is 5.91 Å². The number of hydrogen-bond acceptors (Lipinski definition) is 3. The number of rotatable bonds is 2. The molecule has 1 aromatic heterocycles. The van der Waals surface area contributed by atoms with Gasteiger partial charge in [0.1, 0.15) is 5.82 Å². The van der Waals surface area contributed by atoms with Gasteiger partial charge in [-0.2, -0.15) is 5.10 Å². The first kappa shape index (κ1) is 14.7. The average Bonchev–Trinajstić information content (AvgIpc) is 2.95. The van der Waals surface area contributed by atoms with Crippen LogP contribution in [-0.4, -0.2) is 46.3 Å². The Hall–Kier alpha value is -2.21. The molecule has 1 aliphatic heterocycles. The minimum absolute atomic E-state index is 0.0931. The van der Waals surface area contributed by atoms with Gasteiger partial charge >= 0.3 is 0 Å². The normalized spacial score (nSPS) is 17.5. The zero-order valence-electron chi connectivity index (χ0n) is 12.6. The molecule has 1 fully saturated rings. The van der Waals surface area contributed by atoms with E-state index < -0.39 is 0 Å². The Morgan fingerprint density at radius 3 is 2.77 bits per heavy atom. The maximum absolute atomic E-state index is 13.0. The van der Waals surface area contributed by atoms with Gasteiger partial charge in [0.05, 0.1) is 29.7 Å². The minimum Gasteiger partial charge on any atom is -0.372 e. The summed E-state index contributed by atoms with van der Waals surface area (Å²) >= 11 is 0. The quantitative estimate of drug-likeness (QED) is 0.927. The van der Waals surface area contributed by atoms with Gasteiger partial charge in [-0.1, -0.05) is 0 Å². The highest BCUT2D eigenvalue weighted by Gasteiger charge is 2.31. The first-order valence-corrected chi connectivity index (χ1v) is 7.19. The number of amides is 1. The van der Waals surface area contributed by atoms with Crippen molar-refractivity contribution < 1.29 is 13.9 Å². The van der Waals surface area contributed by atoms with Crippen molar-refractivity contribution in [1.29, 1.82) is 0 Å². The van der Waals surface area contributed by atoms with Gasteiger partial charge in [-0.25, -0.2) is 4.39 Å². The molecular formula is C16H18FN3O2. The van der Waals surface area contributed by atoms with E-state index in [0.29, 0.717) is 31.0 Å². The number of morpholine rings is 1. The van der Waals surface area contributed by atoms with Crippen LogP contribution < -0.4 is 0 Å². The third-order valence-electron chi connectivity index (χ3n) is 3.72. The highest BCUT2D eigenvalue weighted by Crippen LogP contribution is 2.24. The van der Waals surface area contributed by atoms with Crippen molar-refractivity contribution in [2.75, 3.05) is 19.7 Å². The third-order valence-corrected chi connectivity index (χ3v) is 3.72. The summed E-state index contributed by atoms with van der Waals surface area (Å²) in [5, 5.41) is 6.81. The Labute approximate surface area is 128 Å². The molecule has 2 heterocycles. The fourth-order valence-corrected chi connectivity index (χ4v) is 2.65. The van der Waals surface area contributed by atoms with Gasteiger partial charge in [0, 0.05) is 18.7 Å². The van der Waals surface area contributed by atoms with E-state index in [0.717, 1.165) is 5.56 Å². The summed E-state index contributed by atoms with van der Waals surface area (Å²) in [5.74, 6) is -0.407. The minimum atomic E-state index is -0.353. The summed E-state index contributed by atoms with van der Waals surface area (Å²) in [6.45, 7) is 5.52. The number of hydrogen-bond donors (Lipinski definition) is 1. The Morgan fingerprint density at radius 2 is 2.09 bits per heavy atom. The number of benzene rings is 1. The number of carbonyl (C=O) groups is 1. The highest BCUT2D eigenvalue weighted by molar-refractivity contribution is 5.99. The van der Waals surface area contributed by atoms with Gasteiger partial charge in [-0.05, 0) is 38.1 Å². The molecule has 1 amide bonds. The molecule has 2 aromatic rings. The monoisotopic (exact) mass is 303 g/mol. The van der Waals surface area contributed by atoms with Crippen LogP contribution in [0.2, 0.25) is 0 Å². The number of aromatic nitrogens is 2. The van der Waals surface area contributed by atoms with Crippen molar-refractivity contribution in [3.8, 4) is 11.3 Å². The molecule has 0 unspecified atom stereocenters. The lowest BCUT2D eigenvalue weighted by molar-refractivity contribution is -0.0763. The van der Waals surface area contributed by atoms with E-state index in [2.05, 4.69) is 10.2 Å². The summed E-state index contributed by atoms with van der Waals surface area (Å²) in [6, 6.07) is 5.98. The lowest BCUT2D eigenvalue weighted by Crippen LogP contribution is -2.50. The molecule has 0 bridgehead atoms. The maximum Gasteiger partial charge on any atom is 0.257 e. The molecule has 116 valence electrons. The predicted molar refractivity (Wildman–Crippen MR) is 79.9 cm³/mol. The average molecular weight is 303 g/mol. The molecule has 5 nitrogen and oxygen atoms in total. The van der Waals surface area contributed by atoms with Crippen molar-refractivity contribution >= 4 is 5.91 Å². The standard InChI is InChI=1S/C16H18FN3O2/c1-16(2)10-20(7-8-22-16)15(21)13-9-18-19-14(13)11-3-5-12(17)6-4-11/h3-6,9H,7-8,10H2,1-2H3,(H,18,19). The molecular weight excluding hydrogens is 285 g/mol. The summed E-state index contributed by atoms with van der Waals surface area (Å²) in [5.41, 5.74) is 1.47. The van der Waals surface area contributed by atoms with E-state index in [1.54, 1.807) is 17.0 Å². The topological polar surface area (TPSA) is 58.2 Å². The van der Waals surface area contributed by atoms with Gasteiger partial charge in [0.2, 0.25) is 0 Å². The van der Waals surface area contributed by atoms with E-state index in [4.69, 9.17) is 4.74 Å². The van der Waals surface area contributed by atoms with Crippen LogP contribution in [-0.2, 0) is 4.74 Å². The van der Waals surface area contributed by atoms with Crippen LogP contribution in [0.15, 0.2) is 30.5 Å². The second-order valence-electron chi connectivity index (χ2n) is 6.00. The predicted octanol–water partition coefficient (Wildman–Crippen LogP) is 2.47. The second-order valence-corrected chi connectivity index (χ2v) is 6.00. The van der Waals surface area contributed by atoms with Crippen molar-refractivity contribution in [2.45, 2.75) is 19.4 Å². The highest BCUT2D eigenvalue weighted by atomic mass is 19.1. The van der Waals surface area contributed by atoms with Gasteiger partial charge in [0.15, 0.2) is 0 Å². The number of nitrogens with zero attached hydrogens (tertiary/aromatic N) is 2. The molecule has 0 atom stereocenters. The van der Waals surface area contributed by atoms with E-state index in [1.165, 1.54) is 18.3 Å². The van der Waals surface area contributed by atoms with Crippen molar-refractivity contribution in [3.05, 3.63) is 41.8 Å². The van der Waals surface area contributed by atoms with Gasteiger partial charge < -0.3 is 9.64 Å². The molecule has 0 aliphatic carbocycles. The molecule has 1 N–H and O–H groups in total. The Kier molecular flexibility index (Phi) is 3.70. The van der Waals surface area contributed by atoms with Crippen LogP contribution in [0.1, 0.15) is 24.2 Å². The Balaban J connectivity index is 1.88. The first-order valence-electron chi connectivity index (χ1n) is 7.19. The smallest absolute Gasteiger partial charge is 0.257 e. The number of H-pyrrole nitrogens is 1. The number of nitrogens with one attached hydrogen (secondary N) is 1. The van der Waals surface area contributed by atoms with E-state index in [9.17, 15) is 9.18 Å². The number of halogens is 1. The van der Waals surface area contributed by atoms with Crippen molar-refractivity contribution in [1.82, 2.24) is 15.1 Å². The second kappa shape index (κ2) is 5.53. The maximum atomic E-state index is 13.0. The molecule has 0 spiro atoms. The molecule has 1 aromatic carbocycles. The van der Waals surface area contributed by atoms with Gasteiger partial charge in [-0.3, -0.25) is 9.89 Å². The Bertz CT molecular complexity index is 679. The molecule has 6 heteroatoms. The summed E-state index contributed by atoms with van der Waals surface area (Å²) in [7, 11) is 0. The summed E-state index contributed by atoms with van der Waals surface area (Å²) in [4.78, 5) is 14.5. The van der Waals surface area contributed by atoms with Crippen LogP contribution in [0.3, 0.4) is 0 Å². The number of aromatic amines is 1. The fourth-order valence-electron chi connectivity index (χ4n) is 2.65. The SMILES string of the molecule is CC1(C)CN(C(=O)c2cn[nH]c2-c2ccc(F)cc2)CCO1. The summed E-state index contributed by atoms with van der Waals surface area (Å²) < 4.78 is 18.7. The lowest BCUT2D eigenvalue weighted by atomic mass is 10.0. The number of carbonyl (C=O) groups excluding carboxylic acids is 1. The third kappa shape index (κ3) is 2.87. The van der Waals surface area contributed by atoms with Gasteiger partial charge in [-0.15, -0.1) is 0 Å². The van der Waals surface area contributed by atoms with Crippen molar-refractivity contribution in [2.24, 2.45) is 0 Å². The Morgan fingerprint density at radius 1 is 1.36 bits per heavy atom. The zero-order valence-corrected chi connectivity index (χ0v) is 12.6. The number of ether oxygens (including phenoxy) is 1. The molecule has 1 aliphatic rings. The fraction of sp³-hybridized carbons (Fsp3) is 0.375. The van der Waals surface area contributed by atoms with Crippen LogP contribution in [0.4, 0.5) is 4.39 Å². The van der Waals surface area contributed by atoms with E-state index in [-0.39, 0.29) is 17.3 Å². The van der Waals surface area contributed by atoms with E-state index >= 15 is 0 Å². The lowest BCUT2D eigenvalue weighted by Gasteiger charge is -2.38. The molecule has 3 rings (SSSR count). The first-order chi connectivity index (χ1) is 10.5. The summed E-state index contributed by atoms with van der Waals surface area (Å²) in [6.07, 6.45) is 1.52. The molecule has 22 heavy (non-hydrogen) atoms. The van der Waals surface area contributed by atoms with Crippen LogP contribution in [0.25, 0.3) is 11.3 Å². The van der Waals surface area contributed by atoms with Crippen molar-refractivity contribution in [3.63, 3.8) is 0 Å². The van der Waals surface area contributed by atoms with Crippen LogP contribution >= 0.6 is 0 Å². The molecule has 1 saturated heterocycles.